The summed E-state index contributed by atoms with van der Waals surface area (Å²) in [5, 5.41) is 5.29. The first-order chi connectivity index (χ1) is 7.95. The molecule has 0 fully saturated rings. The fraction of sp³-hybridized carbons (Fsp3) is 0.727. The topological polar surface area (TPSA) is 68.8 Å². The van der Waals surface area contributed by atoms with Crippen LogP contribution in [0.15, 0.2) is 0 Å². The smallest absolute Gasteiger partial charge is 0.407 e. The van der Waals surface area contributed by atoms with Crippen LogP contribution >= 0.6 is 0 Å². The van der Waals surface area contributed by atoms with E-state index in [1.165, 1.54) is 0 Å². The van der Waals surface area contributed by atoms with E-state index in [1.807, 2.05) is 0 Å². The van der Waals surface area contributed by atoms with E-state index < -0.39 is 11.7 Å². The van der Waals surface area contributed by atoms with E-state index in [1.54, 1.807) is 20.8 Å². The Morgan fingerprint density at radius 3 is 2.65 bits per heavy atom. The molecule has 0 aliphatic heterocycles. The summed E-state index contributed by atoms with van der Waals surface area (Å²) in [6.07, 6.45) is 4.52. The number of hydrogen-bond donors (Lipinski definition) is 2. The van der Waals surface area contributed by atoms with E-state index in [2.05, 4.69) is 16.6 Å². The number of hydrogen-bond acceptors (Lipinski definition) is 5. The summed E-state index contributed by atoms with van der Waals surface area (Å²) in [7, 11) is 0. The van der Waals surface area contributed by atoms with Crippen molar-refractivity contribution < 1.29 is 19.3 Å². The summed E-state index contributed by atoms with van der Waals surface area (Å²) >= 11 is 0. The molecule has 0 aromatic carbocycles. The summed E-state index contributed by atoms with van der Waals surface area (Å²) in [4.78, 5) is 20.6. The van der Waals surface area contributed by atoms with Gasteiger partial charge in [0.1, 0.15) is 12.3 Å². The second-order valence-corrected chi connectivity index (χ2v) is 4.14. The average Bonchev–Trinajstić information content (AvgIpc) is 2.19. The van der Waals surface area contributed by atoms with Crippen LogP contribution in [-0.2, 0) is 14.5 Å². The zero-order valence-corrected chi connectivity index (χ0v) is 10.5. The number of nitrogens with one attached hydrogen (secondary N) is 2. The maximum Gasteiger partial charge on any atom is 0.407 e. The molecule has 0 atom stereocenters. The van der Waals surface area contributed by atoms with Crippen LogP contribution in [0.3, 0.4) is 0 Å². The molecule has 0 heterocycles. The molecule has 17 heavy (non-hydrogen) atoms. The summed E-state index contributed by atoms with van der Waals surface area (Å²) in [6.45, 7) is 6.55. The highest BCUT2D eigenvalue weighted by atomic mass is 17.2. The predicted molar refractivity (Wildman–Crippen MR) is 63.0 cm³/mol. The van der Waals surface area contributed by atoms with Gasteiger partial charge in [0.05, 0.1) is 13.2 Å². The number of amides is 1. The zero-order valence-electron chi connectivity index (χ0n) is 10.5. The quantitative estimate of drug-likeness (QED) is 0.226. The third kappa shape index (κ3) is 12.6. The van der Waals surface area contributed by atoms with Crippen molar-refractivity contribution in [1.29, 1.82) is 0 Å². The third-order valence-corrected chi connectivity index (χ3v) is 1.32. The molecule has 0 saturated heterocycles. The van der Waals surface area contributed by atoms with Gasteiger partial charge in [0.25, 0.3) is 0 Å². The molecular formula is C11H20N2O4. The standard InChI is InChI=1S/C11H20N2O4/c1-5-6-12-9-16-15-8-7-13-10(14)17-11(2,3)4/h1,12H,6-9H2,2-4H3,(H,13,14). The van der Waals surface area contributed by atoms with E-state index in [4.69, 9.17) is 20.9 Å². The van der Waals surface area contributed by atoms with Gasteiger partial charge < -0.3 is 10.1 Å². The van der Waals surface area contributed by atoms with Gasteiger partial charge in [0.15, 0.2) is 0 Å². The first-order valence-electron chi connectivity index (χ1n) is 5.31. The minimum absolute atomic E-state index is 0.205. The molecule has 0 aliphatic carbocycles. The molecule has 6 heteroatoms. The molecule has 1 amide bonds. The lowest BCUT2D eigenvalue weighted by Gasteiger charge is -2.19. The fourth-order valence-electron chi connectivity index (χ4n) is 0.774. The van der Waals surface area contributed by atoms with Gasteiger partial charge in [-0.15, -0.1) is 6.42 Å². The molecule has 0 aliphatic rings. The Kier molecular flexibility index (Phi) is 8.15. The molecule has 0 rings (SSSR count). The molecule has 0 unspecified atom stereocenters. The maximum absolute atomic E-state index is 11.2. The second kappa shape index (κ2) is 8.82. The number of ether oxygens (including phenoxy) is 1. The first kappa shape index (κ1) is 15.7. The van der Waals surface area contributed by atoms with Crippen molar-refractivity contribution in [3.8, 4) is 12.3 Å². The van der Waals surface area contributed by atoms with Crippen LogP contribution in [0.5, 0.6) is 0 Å². The van der Waals surface area contributed by atoms with Gasteiger partial charge in [-0.25, -0.2) is 14.6 Å². The Bertz CT molecular complexity index is 255. The number of terminal acetylenes is 1. The lowest BCUT2D eigenvalue weighted by Crippen LogP contribution is -2.34. The summed E-state index contributed by atoms with van der Waals surface area (Å²) in [5.74, 6) is 2.39. The molecule has 0 aromatic rings. The van der Waals surface area contributed by atoms with Crippen LogP contribution in [0.4, 0.5) is 4.79 Å². The van der Waals surface area contributed by atoms with Gasteiger partial charge in [-0.05, 0) is 20.8 Å². The van der Waals surface area contributed by atoms with Gasteiger partial charge in [-0.2, -0.15) is 0 Å². The highest BCUT2D eigenvalue weighted by Crippen LogP contribution is 2.05. The largest absolute Gasteiger partial charge is 0.444 e. The monoisotopic (exact) mass is 244 g/mol. The predicted octanol–water partition coefficient (Wildman–Crippen LogP) is 0.640. The maximum atomic E-state index is 11.2. The van der Waals surface area contributed by atoms with E-state index in [9.17, 15) is 4.79 Å². The van der Waals surface area contributed by atoms with E-state index in [0.717, 1.165) is 0 Å². The zero-order chi connectivity index (χ0) is 13.1. The molecule has 0 bridgehead atoms. The lowest BCUT2D eigenvalue weighted by atomic mass is 10.2. The fourth-order valence-corrected chi connectivity index (χ4v) is 0.774. The minimum Gasteiger partial charge on any atom is -0.444 e. The van der Waals surface area contributed by atoms with Crippen LogP contribution in [-0.4, -0.2) is 38.1 Å². The molecule has 0 radical (unpaired) electrons. The number of carbonyl (C=O) groups excluding carboxylic acids is 1. The number of alkyl carbamates (subject to hydrolysis) is 1. The van der Waals surface area contributed by atoms with Crippen molar-refractivity contribution in [3.63, 3.8) is 0 Å². The van der Waals surface area contributed by atoms with Gasteiger partial charge in [0.2, 0.25) is 0 Å². The SMILES string of the molecule is C#CCNCOOCCNC(=O)OC(C)(C)C. The molecule has 0 saturated carbocycles. The van der Waals surface area contributed by atoms with Crippen molar-refractivity contribution in [2.24, 2.45) is 0 Å². The lowest BCUT2D eigenvalue weighted by molar-refractivity contribution is -0.296. The van der Waals surface area contributed by atoms with Crippen molar-refractivity contribution in [2.75, 3.05) is 26.4 Å². The minimum atomic E-state index is -0.499. The van der Waals surface area contributed by atoms with Gasteiger partial charge in [-0.1, -0.05) is 5.92 Å². The normalized spacial score (nSPS) is 10.7. The van der Waals surface area contributed by atoms with Crippen molar-refractivity contribution in [2.45, 2.75) is 26.4 Å². The molecule has 6 nitrogen and oxygen atoms in total. The van der Waals surface area contributed by atoms with Crippen LogP contribution in [0.25, 0.3) is 0 Å². The van der Waals surface area contributed by atoms with Gasteiger partial charge in [0, 0.05) is 6.54 Å². The highest BCUT2D eigenvalue weighted by molar-refractivity contribution is 5.67. The Balaban J connectivity index is 3.29. The average molecular weight is 244 g/mol. The number of rotatable bonds is 7. The second-order valence-electron chi connectivity index (χ2n) is 4.14. The van der Waals surface area contributed by atoms with Crippen LogP contribution in [0, 0.1) is 12.3 Å². The Morgan fingerprint density at radius 1 is 1.35 bits per heavy atom. The Hall–Kier alpha value is -1.29. The van der Waals surface area contributed by atoms with Gasteiger partial charge in [-0.3, -0.25) is 5.32 Å². The third-order valence-electron chi connectivity index (χ3n) is 1.32. The van der Waals surface area contributed by atoms with E-state index >= 15 is 0 Å². The number of carbonyl (C=O) groups is 1. The molecular weight excluding hydrogens is 224 g/mol. The molecule has 2 N–H and O–H groups in total. The van der Waals surface area contributed by atoms with Crippen molar-refractivity contribution in [1.82, 2.24) is 10.6 Å². The van der Waals surface area contributed by atoms with E-state index in [0.29, 0.717) is 13.1 Å². The summed E-state index contributed by atoms with van der Waals surface area (Å²) < 4.78 is 5.02. The molecule has 0 spiro atoms. The van der Waals surface area contributed by atoms with E-state index in [-0.39, 0.29) is 13.3 Å². The van der Waals surface area contributed by atoms with Crippen LogP contribution in [0.2, 0.25) is 0 Å². The first-order valence-corrected chi connectivity index (χ1v) is 5.31. The van der Waals surface area contributed by atoms with Crippen molar-refractivity contribution >= 4 is 6.09 Å². The Labute approximate surface area is 102 Å². The summed E-state index contributed by atoms with van der Waals surface area (Å²) in [6, 6.07) is 0. The summed E-state index contributed by atoms with van der Waals surface area (Å²) in [5.41, 5.74) is -0.499. The van der Waals surface area contributed by atoms with Crippen LogP contribution in [0.1, 0.15) is 20.8 Å². The van der Waals surface area contributed by atoms with Crippen LogP contribution < -0.4 is 10.6 Å². The van der Waals surface area contributed by atoms with Crippen molar-refractivity contribution in [3.05, 3.63) is 0 Å². The highest BCUT2D eigenvalue weighted by Gasteiger charge is 2.15. The molecule has 98 valence electrons. The van der Waals surface area contributed by atoms with Gasteiger partial charge >= 0.3 is 6.09 Å². The molecule has 0 aromatic heterocycles. The Morgan fingerprint density at radius 2 is 2.06 bits per heavy atom.